The maximum absolute atomic E-state index is 9.66. The number of nitriles is 1. The van der Waals surface area contributed by atoms with Crippen molar-refractivity contribution in [2.24, 2.45) is 0 Å². The van der Waals surface area contributed by atoms with Gasteiger partial charge in [-0.15, -0.1) is 0 Å². The number of methoxy groups -OCH3 is 1. The highest BCUT2D eigenvalue weighted by Gasteiger charge is 2.12. The zero-order valence-electron chi connectivity index (χ0n) is 16.2. The van der Waals surface area contributed by atoms with E-state index < -0.39 is 0 Å². The number of pyridine rings is 3. The Morgan fingerprint density at radius 1 is 1.13 bits per heavy atom. The van der Waals surface area contributed by atoms with E-state index in [0.717, 1.165) is 12.8 Å². The molecule has 0 aliphatic carbocycles. The average molecular weight is 441 g/mol. The summed E-state index contributed by atoms with van der Waals surface area (Å²) in [7, 11) is 1.52. The normalized spacial score (nSPS) is 11.1. The minimum absolute atomic E-state index is 0.335. The summed E-state index contributed by atoms with van der Waals surface area (Å²) >= 11 is 12.3. The van der Waals surface area contributed by atoms with Gasteiger partial charge >= 0.3 is 0 Å². The number of aromatic nitrogens is 3. The van der Waals surface area contributed by atoms with E-state index in [1.165, 1.54) is 25.1 Å². The third-order valence-electron chi connectivity index (χ3n) is 4.24. The van der Waals surface area contributed by atoms with Gasteiger partial charge in [0.2, 0.25) is 0 Å². The molecule has 152 valence electrons. The third-order valence-corrected chi connectivity index (χ3v) is 4.84. The lowest BCUT2D eigenvalue weighted by Crippen LogP contribution is -2.03. The first-order valence-electron chi connectivity index (χ1n) is 9.09. The molecule has 0 atom stereocenters. The summed E-state index contributed by atoms with van der Waals surface area (Å²) in [5, 5.41) is 10.4. The molecule has 3 heterocycles. The Balaban J connectivity index is 1.79. The van der Waals surface area contributed by atoms with E-state index in [0.29, 0.717) is 45.0 Å². The molecule has 3 aromatic heterocycles. The Kier molecular flexibility index (Phi) is 7.61. The molecule has 8 heteroatoms. The predicted molar refractivity (Wildman–Crippen MR) is 117 cm³/mol. The zero-order chi connectivity index (χ0) is 21.3. The summed E-state index contributed by atoms with van der Waals surface area (Å²) in [6.07, 6.45) is 11.3. The number of hydrogen-bond acceptors (Lipinski definition) is 6. The summed E-state index contributed by atoms with van der Waals surface area (Å²) < 4.78 is 11.2. The molecular weight excluding hydrogens is 423 g/mol. The Bertz CT molecular complexity index is 1060. The van der Waals surface area contributed by atoms with Crippen molar-refractivity contribution < 1.29 is 9.47 Å². The number of aryl methyl sites for hydroxylation is 1. The molecular formula is C22H18Cl2N4O2. The van der Waals surface area contributed by atoms with Gasteiger partial charge in [0.1, 0.15) is 0 Å². The molecule has 3 aromatic rings. The fraction of sp³-hybridized carbons (Fsp3) is 0.182. The van der Waals surface area contributed by atoms with Gasteiger partial charge in [-0.1, -0.05) is 23.2 Å². The van der Waals surface area contributed by atoms with E-state index in [1.807, 2.05) is 12.1 Å². The number of rotatable bonds is 8. The van der Waals surface area contributed by atoms with Gasteiger partial charge in [-0.05, 0) is 42.7 Å². The van der Waals surface area contributed by atoms with E-state index in [9.17, 15) is 5.26 Å². The summed E-state index contributed by atoms with van der Waals surface area (Å²) in [4.78, 5) is 12.2. The number of nitrogens with zero attached hydrogens (tertiary/aromatic N) is 4. The Morgan fingerprint density at radius 2 is 1.87 bits per heavy atom. The predicted octanol–water partition coefficient (Wildman–Crippen LogP) is 5.26. The van der Waals surface area contributed by atoms with Crippen molar-refractivity contribution in [2.45, 2.75) is 12.8 Å². The lowest BCUT2D eigenvalue weighted by atomic mass is 10.1. The molecule has 0 fully saturated rings. The van der Waals surface area contributed by atoms with Crippen molar-refractivity contribution in [3.05, 3.63) is 75.9 Å². The maximum atomic E-state index is 9.66. The van der Waals surface area contributed by atoms with Crippen molar-refractivity contribution in [1.29, 1.82) is 5.26 Å². The molecule has 30 heavy (non-hydrogen) atoms. The van der Waals surface area contributed by atoms with Crippen LogP contribution in [-0.2, 0) is 6.42 Å². The SMILES string of the molecule is COc1ncc(C(C#N)=Cc2c(Cl)cncc2Cl)cc1OCCCc1ccncc1. The molecule has 0 amide bonds. The van der Waals surface area contributed by atoms with E-state index in [4.69, 9.17) is 32.7 Å². The molecule has 0 radical (unpaired) electrons. The third kappa shape index (κ3) is 5.47. The topological polar surface area (TPSA) is 80.9 Å². The van der Waals surface area contributed by atoms with Gasteiger partial charge in [-0.3, -0.25) is 9.97 Å². The number of halogens is 2. The molecule has 6 nitrogen and oxygen atoms in total. The first-order chi connectivity index (χ1) is 14.6. The minimum atomic E-state index is 0.335. The molecule has 0 N–H and O–H groups in total. The highest BCUT2D eigenvalue weighted by atomic mass is 35.5. The second kappa shape index (κ2) is 10.6. The fourth-order valence-corrected chi connectivity index (χ4v) is 3.20. The largest absolute Gasteiger partial charge is 0.488 e. The Labute approximate surface area is 184 Å². The van der Waals surface area contributed by atoms with E-state index in [2.05, 4.69) is 21.0 Å². The van der Waals surface area contributed by atoms with Gasteiger partial charge in [0.15, 0.2) is 5.75 Å². The lowest BCUT2D eigenvalue weighted by Gasteiger charge is -2.11. The number of ether oxygens (including phenoxy) is 2. The molecule has 0 saturated heterocycles. The highest BCUT2D eigenvalue weighted by Crippen LogP contribution is 2.31. The van der Waals surface area contributed by atoms with Gasteiger partial charge in [-0.25, -0.2) is 4.98 Å². The van der Waals surface area contributed by atoms with E-state index >= 15 is 0 Å². The van der Waals surface area contributed by atoms with Crippen molar-refractivity contribution >= 4 is 34.9 Å². The molecule has 3 rings (SSSR count). The van der Waals surface area contributed by atoms with Gasteiger partial charge in [0.25, 0.3) is 5.88 Å². The number of hydrogen-bond donors (Lipinski definition) is 0. The molecule has 0 saturated carbocycles. The van der Waals surface area contributed by atoms with Crippen LogP contribution in [0.5, 0.6) is 11.6 Å². The smallest absolute Gasteiger partial charge is 0.256 e. The van der Waals surface area contributed by atoms with E-state index in [-0.39, 0.29) is 0 Å². The first-order valence-corrected chi connectivity index (χ1v) is 9.85. The highest BCUT2D eigenvalue weighted by molar-refractivity contribution is 6.37. The van der Waals surface area contributed by atoms with Crippen molar-refractivity contribution in [1.82, 2.24) is 15.0 Å². The molecule has 0 unspecified atom stereocenters. The van der Waals surface area contributed by atoms with Crippen LogP contribution in [0.25, 0.3) is 11.6 Å². The van der Waals surface area contributed by atoms with Crippen LogP contribution in [0.2, 0.25) is 10.0 Å². The minimum Gasteiger partial charge on any atom is -0.488 e. The fourth-order valence-electron chi connectivity index (χ4n) is 2.73. The van der Waals surface area contributed by atoms with Crippen LogP contribution >= 0.6 is 23.2 Å². The summed E-state index contributed by atoms with van der Waals surface area (Å²) in [6, 6.07) is 7.82. The molecule has 0 bridgehead atoms. The van der Waals surface area contributed by atoms with Gasteiger partial charge in [0.05, 0.1) is 35.4 Å². The second-order valence-electron chi connectivity index (χ2n) is 6.23. The van der Waals surface area contributed by atoms with Crippen molar-refractivity contribution in [3.8, 4) is 17.7 Å². The number of allylic oxidation sites excluding steroid dienone is 1. The van der Waals surface area contributed by atoms with Crippen LogP contribution in [0.1, 0.15) is 23.1 Å². The zero-order valence-corrected chi connectivity index (χ0v) is 17.7. The van der Waals surface area contributed by atoms with Crippen LogP contribution < -0.4 is 9.47 Å². The summed E-state index contributed by atoms with van der Waals surface area (Å²) in [6.45, 7) is 0.470. The Morgan fingerprint density at radius 3 is 2.53 bits per heavy atom. The molecule has 0 aliphatic heterocycles. The Hall–Kier alpha value is -3.14. The standard InChI is InChI=1S/C22H18Cl2N4O2/c1-29-22-21(30-8-2-3-15-4-6-26-7-5-15)10-17(12-28-22)16(11-25)9-18-19(23)13-27-14-20(18)24/h4-7,9-10,12-14H,2-3,8H2,1H3. The van der Waals surface area contributed by atoms with Crippen molar-refractivity contribution in [3.63, 3.8) is 0 Å². The molecule has 0 spiro atoms. The molecule has 0 aromatic carbocycles. The summed E-state index contributed by atoms with van der Waals surface area (Å²) in [5.41, 5.74) is 2.60. The quantitative estimate of drug-likeness (QED) is 0.350. The van der Waals surface area contributed by atoms with Crippen LogP contribution in [0.4, 0.5) is 0 Å². The van der Waals surface area contributed by atoms with Gasteiger partial charge in [-0.2, -0.15) is 5.26 Å². The van der Waals surface area contributed by atoms with Crippen LogP contribution in [0.15, 0.2) is 49.2 Å². The van der Waals surface area contributed by atoms with Crippen LogP contribution in [0, 0.1) is 11.3 Å². The lowest BCUT2D eigenvalue weighted by molar-refractivity contribution is 0.284. The molecule has 0 aliphatic rings. The van der Waals surface area contributed by atoms with Crippen molar-refractivity contribution in [2.75, 3.05) is 13.7 Å². The maximum Gasteiger partial charge on any atom is 0.256 e. The first kappa shape index (κ1) is 21.6. The van der Waals surface area contributed by atoms with Crippen LogP contribution in [-0.4, -0.2) is 28.7 Å². The average Bonchev–Trinajstić information content (AvgIpc) is 2.77. The van der Waals surface area contributed by atoms with E-state index in [1.54, 1.807) is 30.7 Å². The monoisotopic (exact) mass is 440 g/mol. The van der Waals surface area contributed by atoms with Gasteiger partial charge in [0, 0.05) is 42.1 Å². The van der Waals surface area contributed by atoms with Crippen LogP contribution in [0.3, 0.4) is 0 Å². The second-order valence-corrected chi connectivity index (χ2v) is 7.04. The van der Waals surface area contributed by atoms with Gasteiger partial charge < -0.3 is 9.47 Å². The summed E-state index contributed by atoms with van der Waals surface area (Å²) in [5.74, 6) is 0.803.